The van der Waals surface area contributed by atoms with Gasteiger partial charge in [-0.15, -0.1) is 0 Å². The van der Waals surface area contributed by atoms with E-state index in [0.717, 1.165) is 6.42 Å². The molecule has 0 aliphatic heterocycles. The number of nitrogens with one attached hydrogen (secondary N) is 2. The van der Waals surface area contributed by atoms with Gasteiger partial charge in [0, 0.05) is 6.54 Å². The SMILES string of the molecule is COc1ccccc1OCNC(=O)NCCC(C)C. The van der Waals surface area contributed by atoms with Crippen LogP contribution in [0.25, 0.3) is 0 Å². The summed E-state index contributed by atoms with van der Waals surface area (Å²) in [6, 6.07) is 7.07. The zero-order chi connectivity index (χ0) is 14.1. The Hall–Kier alpha value is -1.91. The lowest BCUT2D eigenvalue weighted by atomic mass is 10.1. The van der Waals surface area contributed by atoms with Gasteiger partial charge in [0.05, 0.1) is 7.11 Å². The molecule has 1 rings (SSSR count). The number of methoxy groups -OCH3 is 1. The van der Waals surface area contributed by atoms with Gasteiger partial charge in [0.1, 0.15) is 0 Å². The van der Waals surface area contributed by atoms with Crippen LogP contribution in [0.4, 0.5) is 4.79 Å². The maximum atomic E-state index is 11.4. The zero-order valence-corrected chi connectivity index (χ0v) is 11.7. The number of amides is 2. The molecule has 2 N–H and O–H groups in total. The molecule has 0 fully saturated rings. The third-order valence-corrected chi connectivity index (χ3v) is 2.54. The largest absolute Gasteiger partial charge is 0.493 e. The first-order chi connectivity index (χ1) is 9.13. The second-order valence-electron chi connectivity index (χ2n) is 4.55. The Kier molecular flexibility index (Phi) is 6.57. The van der Waals surface area contributed by atoms with Gasteiger partial charge in [-0.05, 0) is 24.5 Å². The predicted molar refractivity (Wildman–Crippen MR) is 74.5 cm³/mol. The van der Waals surface area contributed by atoms with Crippen molar-refractivity contribution in [3.63, 3.8) is 0 Å². The quantitative estimate of drug-likeness (QED) is 0.745. The van der Waals surface area contributed by atoms with E-state index >= 15 is 0 Å². The van der Waals surface area contributed by atoms with Crippen LogP contribution >= 0.6 is 0 Å². The first kappa shape index (κ1) is 15.1. The highest BCUT2D eigenvalue weighted by atomic mass is 16.5. The molecule has 0 bridgehead atoms. The van der Waals surface area contributed by atoms with Crippen molar-refractivity contribution in [3.8, 4) is 11.5 Å². The number of ether oxygens (including phenoxy) is 2. The fraction of sp³-hybridized carbons (Fsp3) is 0.500. The zero-order valence-electron chi connectivity index (χ0n) is 11.7. The fourth-order valence-electron chi connectivity index (χ4n) is 1.45. The highest BCUT2D eigenvalue weighted by molar-refractivity contribution is 5.73. The van der Waals surface area contributed by atoms with Gasteiger partial charge in [-0.25, -0.2) is 4.79 Å². The molecule has 5 nitrogen and oxygen atoms in total. The number of carbonyl (C=O) groups is 1. The van der Waals surface area contributed by atoms with Gasteiger partial charge in [-0.1, -0.05) is 26.0 Å². The maximum absolute atomic E-state index is 11.4. The monoisotopic (exact) mass is 266 g/mol. The van der Waals surface area contributed by atoms with Gasteiger partial charge in [-0.3, -0.25) is 0 Å². The van der Waals surface area contributed by atoms with Crippen LogP contribution in [0.1, 0.15) is 20.3 Å². The van der Waals surface area contributed by atoms with E-state index in [-0.39, 0.29) is 12.8 Å². The Morgan fingerprint density at radius 3 is 2.53 bits per heavy atom. The van der Waals surface area contributed by atoms with Crippen LogP contribution in [0.3, 0.4) is 0 Å². The predicted octanol–water partition coefficient (Wildman–Crippen LogP) is 2.38. The van der Waals surface area contributed by atoms with E-state index < -0.39 is 0 Å². The van der Waals surface area contributed by atoms with Crippen molar-refractivity contribution in [2.75, 3.05) is 20.4 Å². The number of urea groups is 1. The van der Waals surface area contributed by atoms with Crippen molar-refractivity contribution in [1.29, 1.82) is 0 Å². The van der Waals surface area contributed by atoms with Gasteiger partial charge < -0.3 is 20.1 Å². The summed E-state index contributed by atoms with van der Waals surface area (Å²) >= 11 is 0. The van der Waals surface area contributed by atoms with E-state index in [9.17, 15) is 4.79 Å². The number of rotatable bonds is 7. The van der Waals surface area contributed by atoms with Gasteiger partial charge in [0.15, 0.2) is 18.2 Å². The van der Waals surface area contributed by atoms with Crippen molar-refractivity contribution in [2.45, 2.75) is 20.3 Å². The summed E-state index contributed by atoms with van der Waals surface area (Å²) in [6.45, 7) is 5.00. The van der Waals surface area contributed by atoms with Crippen LogP contribution in [0, 0.1) is 5.92 Å². The summed E-state index contributed by atoms with van der Waals surface area (Å²) in [5, 5.41) is 5.40. The molecule has 1 aromatic carbocycles. The van der Waals surface area contributed by atoms with Crippen LogP contribution in [0.5, 0.6) is 11.5 Å². The molecular formula is C14H22N2O3. The molecule has 0 aliphatic carbocycles. The Morgan fingerprint density at radius 2 is 1.89 bits per heavy atom. The van der Waals surface area contributed by atoms with Crippen LogP contribution in [-0.2, 0) is 0 Å². The Morgan fingerprint density at radius 1 is 1.21 bits per heavy atom. The lowest BCUT2D eigenvalue weighted by molar-refractivity contribution is 0.221. The van der Waals surface area contributed by atoms with E-state index in [2.05, 4.69) is 24.5 Å². The lowest BCUT2D eigenvalue weighted by Crippen LogP contribution is -2.38. The van der Waals surface area contributed by atoms with Crippen LogP contribution in [0.15, 0.2) is 24.3 Å². The minimum atomic E-state index is -0.226. The number of hydrogen-bond donors (Lipinski definition) is 2. The molecule has 0 aromatic heterocycles. The molecule has 0 aliphatic rings. The third-order valence-electron chi connectivity index (χ3n) is 2.54. The van der Waals surface area contributed by atoms with Crippen molar-refractivity contribution in [2.24, 2.45) is 5.92 Å². The van der Waals surface area contributed by atoms with Crippen molar-refractivity contribution in [3.05, 3.63) is 24.3 Å². The maximum Gasteiger partial charge on any atom is 0.317 e. The molecule has 0 radical (unpaired) electrons. The molecule has 0 saturated heterocycles. The molecule has 0 unspecified atom stereocenters. The van der Waals surface area contributed by atoms with E-state index in [1.165, 1.54) is 0 Å². The topological polar surface area (TPSA) is 59.6 Å². The number of benzene rings is 1. The summed E-state index contributed by atoms with van der Waals surface area (Å²) in [5.74, 6) is 1.82. The second-order valence-corrected chi connectivity index (χ2v) is 4.55. The molecule has 5 heteroatoms. The van der Waals surface area contributed by atoms with Gasteiger partial charge in [0.25, 0.3) is 0 Å². The summed E-state index contributed by atoms with van der Waals surface area (Å²) < 4.78 is 10.6. The molecule has 2 amide bonds. The van der Waals surface area contributed by atoms with E-state index in [1.54, 1.807) is 19.2 Å². The summed E-state index contributed by atoms with van der Waals surface area (Å²) in [5.41, 5.74) is 0. The molecule has 0 spiro atoms. The Bertz CT molecular complexity index is 394. The molecule has 106 valence electrons. The Balaban J connectivity index is 2.24. The minimum Gasteiger partial charge on any atom is -0.493 e. The van der Waals surface area contributed by atoms with Crippen LogP contribution in [-0.4, -0.2) is 26.4 Å². The normalized spacial score (nSPS) is 10.1. The Labute approximate surface area is 114 Å². The summed E-state index contributed by atoms with van der Waals surface area (Å²) in [4.78, 5) is 11.4. The van der Waals surface area contributed by atoms with Crippen molar-refractivity contribution >= 4 is 6.03 Å². The van der Waals surface area contributed by atoms with Crippen LogP contribution in [0.2, 0.25) is 0 Å². The van der Waals surface area contributed by atoms with Crippen molar-refractivity contribution < 1.29 is 14.3 Å². The average molecular weight is 266 g/mol. The minimum absolute atomic E-state index is 0.105. The number of carbonyl (C=O) groups excluding carboxylic acids is 1. The van der Waals surface area contributed by atoms with Gasteiger partial charge >= 0.3 is 6.03 Å². The second kappa shape index (κ2) is 8.24. The average Bonchev–Trinajstić information content (AvgIpc) is 2.39. The summed E-state index contributed by atoms with van der Waals surface area (Å²) in [7, 11) is 1.58. The van der Waals surface area contributed by atoms with E-state index in [0.29, 0.717) is 24.0 Å². The molecule has 0 heterocycles. The van der Waals surface area contributed by atoms with E-state index in [4.69, 9.17) is 9.47 Å². The fourth-order valence-corrected chi connectivity index (χ4v) is 1.45. The number of hydrogen-bond acceptors (Lipinski definition) is 3. The number of para-hydroxylation sites is 2. The van der Waals surface area contributed by atoms with E-state index in [1.807, 2.05) is 12.1 Å². The summed E-state index contributed by atoms with van der Waals surface area (Å²) in [6.07, 6.45) is 0.959. The first-order valence-electron chi connectivity index (χ1n) is 6.41. The van der Waals surface area contributed by atoms with Crippen LogP contribution < -0.4 is 20.1 Å². The lowest BCUT2D eigenvalue weighted by Gasteiger charge is -2.12. The first-order valence-corrected chi connectivity index (χ1v) is 6.41. The molecular weight excluding hydrogens is 244 g/mol. The standard InChI is InChI=1S/C14H22N2O3/c1-11(2)8-9-15-14(17)16-10-19-13-7-5-4-6-12(13)18-3/h4-7,11H,8-10H2,1-3H3,(H2,15,16,17). The van der Waals surface area contributed by atoms with Crippen molar-refractivity contribution in [1.82, 2.24) is 10.6 Å². The molecule has 0 atom stereocenters. The van der Waals surface area contributed by atoms with Gasteiger partial charge in [-0.2, -0.15) is 0 Å². The highest BCUT2D eigenvalue weighted by Crippen LogP contribution is 2.25. The molecule has 1 aromatic rings. The van der Waals surface area contributed by atoms with Gasteiger partial charge in [0.2, 0.25) is 0 Å². The highest BCUT2D eigenvalue weighted by Gasteiger charge is 2.04. The molecule has 19 heavy (non-hydrogen) atoms. The molecule has 0 saturated carbocycles. The third kappa shape index (κ3) is 5.99. The smallest absolute Gasteiger partial charge is 0.317 e.